The van der Waals surface area contributed by atoms with Crippen LogP contribution in [0.25, 0.3) is 5.76 Å². The van der Waals surface area contributed by atoms with Crippen molar-refractivity contribution in [3.8, 4) is 0 Å². The molecule has 0 amide bonds. The third kappa shape index (κ3) is 1.61. The maximum atomic E-state index is 11.9. The highest BCUT2D eigenvalue weighted by Crippen LogP contribution is 2.44. The monoisotopic (exact) mass is 344 g/mol. The molecule has 2 aliphatic rings. The van der Waals surface area contributed by atoms with E-state index in [0.717, 1.165) is 5.56 Å². The van der Waals surface area contributed by atoms with E-state index < -0.39 is 11.8 Å². The topological polar surface area (TPSA) is 44.8 Å². The minimum absolute atomic E-state index is 0.406. The summed E-state index contributed by atoms with van der Waals surface area (Å²) in [4.78, 5) is 11.9. The Kier molecular flexibility index (Phi) is 2.68. The van der Waals surface area contributed by atoms with E-state index in [1.807, 2.05) is 30.3 Å². The van der Waals surface area contributed by atoms with E-state index in [9.17, 15) is 4.79 Å². The summed E-state index contributed by atoms with van der Waals surface area (Å²) in [6.45, 7) is 0.813. The summed E-state index contributed by atoms with van der Waals surface area (Å²) in [5.41, 5.74) is 0.848. The Morgan fingerprint density at radius 2 is 1.76 bits per heavy atom. The van der Waals surface area contributed by atoms with Crippen LogP contribution in [-0.4, -0.2) is 25.0 Å². The minimum atomic E-state index is -1.31. The molecule has 88 valence electrons. The molecule has 0 aromatic heterocycles. The number of carbonyl (C=O) groups excluding carboxylic acids is 1. The predicted molar refractivity (Wildman–Crippen MR) is 68.1 cm³/mol. The summed E-state index contributed by atoms with van der Waals surface area (Å²) >= 11 is 2.05. The van der Waals surface area contributed by atoms with Crippen molar-refractivity contribution in [2.45, 2.75) is 5.79 Å². The normalized spacial score (nSPS) is 22.3. The molecule has 1 aromatic carbocycles. The molecule has 17 heavy (non-hydrogen) atoms. The lowest BCUT2D eigenvalue weighted by atomic mass is 10.1. The van der Waals surface area contributed by atoms with Gasteiger partial charge in [0, 0.05) is 5.56 Å². The number of cyclic esters (lactones) is 1. The fraction of sp³-hybridized carbons (Fsp3) is 0.250. The van der Waals surface area contributed by atoms with Crippen molar-refractivity contribution in [2.75, 3.05) is 13.2 Å². The Morgan fingerprint density at radius 3 is 2.41 bits per heavy atom. The molecule has 0 N–H and O–H groups in total. The third-order valence-corrected chi connectivity index (χ3v) is 3.88. The van der Waals surface area contributed by atoms with Crippen molar-refractivity contribution in [3.63, 3.8) is 0 Å². The second kappa shape index (κ2) is 4.08. The lowest BCUT2D eigenvalue weighted by Gasteiger charge is -2.16. The molecular weight excluding hydrogens is 335 g/mol. The van der Waals surface area contributed by atoms with E-state index in [-0.39, 0.29) is 0 Å². The van der Waals surface area contributed by atoms with Crippen LogP contribution in [0.4, 0.5) is 0 Å². The fourth-order valence-electron chi connectivity index (χ4n) is 1.88. The number of benzene rings is 1. The summed E-state index contributed by atoms with van der Waals surface area (Å²) < 4.78 is 16.8. The molecule has 0 radical (unpaired) electrons. The second-order valence-corrected chi connectivity index (χ2v) is 4.79. The molecular formula is C12H9IO4. The highest BCUT2D eigenvalue weighted by Gasteiger charge is 2.56. The number of ether oxygens (including phenoxy) is 3. The van der Waals surface area contributed by atoms with Gasteiger partial charge < -0.3 is 14.2 Å². The minimum Gasteiger partial charge on any atom is -0.421 e. The Morgan fingerprint density at radius 1 is 1.12 bits per heavy atom. The van der Waals surface area contributed by atoms with Crippen molar-refractivity contribution in [2.24, 2.45) is 0 Å². The van der Waals surface area contributed by atoms with E-state index >= 15 is 0 Å². The smallest absolute Gasteiger partial charge is 0.378 e. The van der Waals surface area contributed by atoms with Crippen LogP contribution >= 0.6 is 22.6 Å². The summed E-state index contributed by atoms with van der Waals surface area (Å²) in [5.74, 6) is -1.28. The molecule has 0 bridgehead atoms. The van der Waals surface area contributed by atoms with Crippen LogP contribution in [0.5, 0.6) is 0 Å². The van der Waals surface area contributed by atoms with Crippen LogP contribution in [0.15, 0.2) is 33.9 Å². The van der Waals surface area contributed by atoms with Gasteiger partial charge in [-0.3, -0.25) is 0 Å². The first-order chi connectivity index (χ1) is 8.24. The van der Waals surface area contributed by atoms with Crippen molar-refractivity contribution < 1.29 is 19.0 Å². The average Bonchev–Trinajstić information content (AvgIpc) is 2.94. The van der Waals surface area contributed by atoms with Crippen LogP contribution in [0.2, 0.25) is 0 Å². The number of hydrogen-bond donors (Lipinski definition) is 0. The van der Waals surface area contributed by atoms with Crippen molar-refractivity contribution in [1.82, 2.24) is 0 Å². The lowest BCUT2D eigenvalue weighted by Crippen LogP contribution is -2.37. The molecule has 5 heteroatoms. The Balaban J connectivity index is 2.07. The highest BCUT2D eigenvalue weighted by molar-refractivity contribution is 14.1. The molecule has 1 fully saturated rings. The predicted octanol–water partition coefficient (Wildman–Crippen LogP) is 2.09. The van der Waals surface area contributed by atoms with Crippen LogP contribution in [0, 0.1) is 0 Å². The van der Waals surface area contributed by atoms with E-state index in [1.54, 1.807) is 0 Å². The highest BCUT2D eigenvalue weighted by atomic mass is 127. The Bertz CT molecular complexity index is 488. The van der Waals surface area contributed by atoms with Gasteiger partial charge in [0.1, 0.15) is 3.58 Å². The van der Waals surface area contributed by atoms with E-state index in [4.69, 9.17) is 14.2 Å². The maximum absolute atomic E-state index is 11.9. The first kappa shape index (κ1) is 11.2. The molecule has 0 saturated carbocycles. The first-order valence-electron chi connectivity index (χ1n) is 5.20. The zero-order valence-corrected chi connectivity index (χ0v) is 11.0. The van der Waals surface area contributed by atoms with E-state index in [2.05, 4.69) is 22.6 Å². The molecule has 3 rings (SSSR count). The third-order valence-electron chi connectivity index (χ3n) is 2.68. The summed E-state index contributed by atoms with van der Waals surface area (Å²) in [6, 6.07) is 9.46. The SMILES string of the molecule is O=C1OC(c2ccccc2)=C(I)C12OCCO2. The van der Waals surface area contributed by atoms with Gasteiger partial charge in [0.15, 0.2) is 5.76 Å². The van der Waals surface area contributed by atoms with Crippen molar-refractivity contribution in [3.05, 3.63) is 39.5 Å². The van der Waals surface area contributed by atoms with E-state index in [0.29, 0.717) is 22.6 Å². The Hall–Kier alpha value is -0.920. The van der Waals surface area contributed by atoms with Gasteiger partial charge in [0.25, 0.3) is 0 Å². The molecule has 2 aliphatic heterocycles. The molecule has 1 spiro atoms. The quantitative estimate of drug-likeness (QED) is 0.578. The van der Waals surface area contributed by atoms with Crippen LogP contribution in [0.1, 0.15) is 5.56 Å². The zero-order valence-electron chi connectivity index (χ0n) is 8.81. The molecule has 1 saturated heterocycles. The molecule has 1 aromatic rings. The van der Waals surface area contributed by atoms with Gasteiger partial charge >= 0.3 is 11.8 Å². The average molecular weight is 344 g/mol. The molecule has 0 unspecified atom stereocenters. The van der Waals surface area contributed by atoms with Gasteiger partial charge in [0.05, 0.1) is 13.2 Å². The molecule has 2 heterocycles. The fourth-order valence-corrected chi connectivity index (χ4v) is 2.83. The first-order valence-corrected chi connectivity index (χ1v) is 6.28. The van der Waals surface area contributed by atoms with Crippen molar-refractivity contribution in [1.29, 1.82) is 0 Å². The number of rotatable bonds is 1. The zero-order chi connectivity index (χ0) is 11.9. The largest absolute Gasteiger partial charge is 0.421 e. The van der Waals surface area contributed by atoms with Crippen LogP contribution < -0.4 is 0 Å². The lowest BCUT2D eigenvalue weighted by molar-refractivity contribution is -0.179. The summed E-state index contributed by atoms with van der Waals surface area (Å²) in [7, 11) is 0. The summed E-state index contributed by atoms with van der Waals surface area (Å²) in [5, 5.41) is 0. The maximum Gasteiger partial charge on any atom is 0.378 e. The van der Waals surface area contributed by atoms with Crippen LogP contribution in [-0.2, 0) is 19.0 Å². The van der Waals surface area contributed by atoms with Gasteiger partial charge in [-0.15, -0.1) is 0 Å². The number of esters is 1. The number of carbonyl (C=O) groups is 1. The molecule has 0 aliphatic carbocycles. The van der Waals surface area contributed by atoms with E-state index in [1.165, 1.54) is 0 Å². The van der Waals surface area contributed by atoms with Crippen molar-refractivity contribution >= 4 is 34.3 Å². The Labute approximate surface area is 112 Å². The standard InChI is InChI=1S/C12H9IO4/c13-10-9(8-4-2-1-3-5-8)17-11(14)12(10)15-6-7-16-12/h1-5H,6-7H2. The van der Waals surface area contributed by atoms with Crippen LogP contribution in [0.3, 0.4) is 0 Å². The van der Waals surface area contributed by atoms with Gasteiger partial charge in [-0.05, 0) is 22.6 Å². The van der Waals surface area contributed by atoms with Gasteiger partial charge in [-0.1, -0.05) is 30.3 Å². The summed E-state index contributed by atoms with van der Waals surface area (Å²) in [6.07, 6.45) is 0. The van der Waals surface area contributed by atoms with Gasteiger partial charge in [-0.25, -0.2) is 4.79 Å². The molecule has 4 nitrogen and oxygen atoms in total. The number of hydrogen-bond acceptors (Lipinski definition) is 4. The molecule has 0 atom stereocenters. The van der Waals surface area contributed by atoms with Gasteiger partial charge in [0.2, 0.25) is 0 Å². The number of halogens is 1. The van der Waals surface area contributed by atoms with Gasteiger partial charge in [-0.2, -0.15) is 0 Å². The second-order valence-electron chi connectivity index (χ2n) is 3.71.